The summed E-state index contributed by atoms with van der Waals surface area (Å²) in [6.45, 7) is 0.268. The number of fused-ring (bicyclic) bond motifs is 1. The van der Waals surface area contributed by atoms with Gasteiger partial charge in [-0.15, -0.1) is 0 Å². The molecule has 21 heavy (non-hydrogen) atoms. The molecule has 0 aliphatic heterocycles. The van der Waals surface area contributed by atoms with Crippen LogP contribution in [0.5, 0.6) is 5.75 Å². The van der Waals surface area contributed by atoms with Gasteiger partial charge in [0.25, 0.3) is 0 Å². The van der Waals surface area contributed by atoms with Gasteiger partial charge in [0.2, 0.25) is 0 Å². The van der Waals surface area contributed by atoms with Gasteiger partial charge in [-0.1, -0.05) is 23.7 Å². The monoisotopic (exact) mass is 301 g/mol. The van der Waals surface area contributed by atoms with Crippen LogP contribution in [0.25, 0.3) is 10.9 Å². The normalized spacial score (nSPS) is 10.7. The van der Waals surface area contributed by atoms with Crippen molar-refractivity contribution in [2.45, 2.75) is 6.61 Å². The van der Waals surface area contributed by atoms with Crippen molar-refractivity contribution in [2.24, 2.45) is 0 Å². The topological polar surface area (TPSA) is 62.3 Å². The zero-order valence-electron chi connectivity index (χ0n) is 11.0. The number of benzene rings is 2. The zero-order chi connectivity index (χ0) is 14.8. The molecule has 0 amide bonds. The molecule has 2 N–H and O–H groups in total. The summed E-state index contributed by atoms with van der Waals surface area (Å²) in [5.41, 5.74) is 1.83. The van der Waals surface area contributed by atoms with Crippen LogP contribution >= 0.6 is 11.6 Å². The number of aromatic amines is 1. The molecule has 2 aromatic carbocycles. The number of carbonyl (C=O) groups is 1. The third-order valence-corrected chi connectivity index (χ3v) is 3.44. The highest BCUT2D eigenvalue weighted by Crippen LogP contribution is 2.25. The number of halogens is 1. The van der Waals surface area contributed by atoms with Crippen molar-refractivity contribution in [1.29, 1.82) is 0 Å². The van der Waals surface area contributed by atoms with E-state index in [2.05, 4.69) is 4.98 Å². The van der Waals surface area contributed by atoms with Gasteiger partial charge in [0, 0.05) is 27.7 Å². The van der Waals surface area contributed by atoms with Crippen molar-refractivity contribution in [1.82, 2.24) is 4.98 Å². The molecule has 0 fully saturated rings. The van der Waals surface area contributed by atoms with E-state index in [4.69, 9.17) is 16.3 Å². The van der Waals surface area contributed by atoms with Crippen LogP contribution in [0, 0.1) is 0 Å². The number of aromatic carboxylic acids is 1. The fraction of sp³-hybridized carbons (Fsp3) is 0.0625. The molecule has 0 saturated heterocycles. The van der Waals surface area contributed by atoms with Crippen LogP contribution in [-0.4, -0.2) is 16.1 Å². The quantitative estimate of drug-likeness (QED) is 0.762. The van der Waals surface area contributed by atoms with E-state index in [0.29, 0.717) is 16.2 Å². The van der Waals surface area contributed by atoms with Crippen LogP contribution in [0.2, 0.25) is 5.02 Å². The van der Waals surface area contributed by atoms with E-state index < -0.39 is 5.97 Å². The maximum absolute atomic E-state index is 11.3. The van der Waals surface area contributed by atoms with Gasteiger partial charge < -0.3 is 14.8 Å². The highest BCUT2D eigenvalue weighted by atomic mass is 35.5. The largest absolute Gasteiger partial charge is 0.489 e. The minimum Gasteiger partial charge on any atom is -0.489 e. The van der Waals surface area contributed by atoms with E-state index in [-0.39, 0.29) is 12.2 Å². The standard InChI is InChI=1S/C16H12ClNO3/c17-11-3-1-4-12(7-11)21-9-10-8-18-14-6-2-5-13(15(10)14)16(19)20/h1-8,18H,9H2,(H,19,20). The van der Waals surface area contributed by atoms with Crippen molar-refractivity contribution in [3.8, 4) is 5.75 Å². The van der Waals surface area contributed by atoms with Crippen LogP contribution in [0.3, 0.4) is 0 Å². The van der Waals surface area contributed by atoms with Crippen LogP contribution < -0.4 is 4.74 Å². The Labute approximate surface area is 125 Å². The SMILES string of the molecule is O=C(O)c1cccc2[nH]cc(COc3cccc(Cl)c3)c12. The molecular weight excluding hydrogens is 290 g/mol. The predicted molar refractivity (Wildman–Crippen MR) is 81.0 cm³/mol. The molecule has 5 heteroatoms. The van der Waals surface area contributed by atoms with E-state index in [1.54, 1.807) is 42.6 Å². The second-order valence-electron chi connectivity index (χ2n) is 4.59. The van der Waals surface area contributed by atoms with Crippen molar-refractivity contribution in [2.75, 3.05) is 0 Å². The molecular formula is C16H12ClNO3. The van der Waals surface area contributed by atoms with Gasteiger partial charge >= 0.3 is 5.97 Å². The van der Waals surface area contributed by atoms with Crippen molar-refractivity contribution in [3.05, 3.63) is 64.8 Å². The van der Waals surface area contributed by atoms with E-state index in [1.807, 2.05) is 6.07 Å². The summed E-state index contributed by atoms with van der Waals surface area (Å²) in [5, 5.41) is 10.5. The van der Waals surface area contributed by atoms with E-state index in [9.17, 15) is 9.90 Å². The molecule has 1 heterocycles. The fourth-order valence-corrected chi connectivity index (χ4v) is 2.45. The summed E-state index contributed by atoms with van der Waals surface area (Å²) < 4.78 is 5.68. The van der Waals surface area contributed by atoms with E-state index in [0.717, 1.165) is 11.1 Å². The number of hydrogen-bond acceptors (Lipinski definition) is 2. The lowest BCUT2D eigenvalue weighted by atomic mass is 10.1. The number of hydrogen-bond donors (Lipinski definition) is 2. The lowest BCUT2D eigenvalue weighted by molar-refractivity contribution is 0.0699. The third-order valence-electron chi connectivity index (χ3n) is 3.21. The Kier molecular flexibility index (Phi) is 3.54. The summed E-state index contributed by atoms with van der Waals surface area (Å²) in [7, 11) is 0. The summed E-state index contributed by atoms with van der Waals surface area (Å²) in [5.74, 6) is -0.311. The molecule has 0 bridgehead atoms. The Balaban J connectivity index is 1.92. The van der Waals surface area contributed by atoms with Crippen molar-refractivity contribution >= 4 is 28.5 Å². The number of aromatic nitrogens is 1. The molecule has 0 atom stereocenters. The summed E-state index contributed by atoms with van der Waals surface area (Å²) in [6, 6.07) is 12.2. The Morgan fingerprint density at radius 3 is 2.81 bits per heavy atom. The molecule has 4 nitrogen and oxygen atoms in total. The maximum atomic E-state index is 11.3. The van der Waals surface area contributed by atoms with Crippen LogP contribution in [0.1, 0.15) is 15.9 Å². The first kappa shape index (κ1) is 13.5. The number of ether oxygens (including phenoxy) is 1. The number of carboxylic acids is 1. The molecule has 0 spiro atoms. The lowest BCUT2D eigenvalue weighted by Crippen LogP contribution is -2.00. The average Bonchev–Trinajstić information content (AvgIpc) is 2.88. The number of rotatable bonds is 4. The van der Waals surface area contributed by atoms with Gasteiger partial charge in [0.05, 0.1) is 5.56 Å². The first-order valence-electron chi connectivity index (χ1n) is 6.36. The Bertz CT molecular complexity index is 810. The average molecular weight is 302 g/mol. The van der Waals surface area contributed by atoms with Crippen LogP contribution in [-0.2, 0) is 6.61 Å². The highest BCUT2D eigenvalue weighted by molar-refractivity contribution is 6.30. The molecule has 106 valence electrons. The smallest absolute Gasteiger partial charge is 0.336 e. The van der Waals surface area contributed by atoms with Gasteiger partial charge in [-0.3, -0.25) is 0 Å². The van der Waals surface area contributed by atoms with Gasteiger partial charge in [-0.05, 0) is 30.3 Å². The minimum absolute atomic E-state index is 0.262. The zero-order valence-corrected chi connectivity index (χ0v) is 11.7. The first-order valence-corrected chi connectivity index (χ1v) is 6.73. The molecule has 3 aromatic rings. The molecule has 0 unspecified atom stereocenters. The highest BCUT2D eigenvalue weighted by Gasteiger charge is 2.13. The number of nitrogens with one attached hydrogen (secondary N) is 1. The van der Waals surface area contributed by atoms with Gasteiger partial charge in [0.1, 0.15) is 12.4 Å². The Morgan fingerprint density at radius 2 is 2.05 bits per heavy atom. The summed E-state index contributed by atoms with van der Waals surface area (Å²) >= 11 is 5.90. The maximum Gasteiger partial charge on any atom is 0.336 e. The van der Waals surface area contributed by atoms with Gasteiger partial charge in [0.15, 0.2) is 0 Å². The molecule has 0 aliphatic rings. The number of carboxylic acid groups (broad SMARTS) is 1. The van der Waals surface area contributed by atoms with E-state index in [1.165, 1.54) is 0 Å². The van der Waals surface area contributed by atoms with E-state index >= 15 is 0 Å². The van der Waals surface area contributed by atoms with Crippen LogP contribution in [0.15, 0.2) is 48.7 Å². The summed E-state index contributed by atoms with van der Waals surface area (Å²) in [6.07, 6.45) is 1.77. The third kappa shape index (κ3) is 2.71. The lowest BCUT2D eigenvalue weighted by Gasteiger charge is -2.06. The Morgan fingerprint density at radius 1 is 1.24 bits per heavy atom. The van der Waals surface area contributed by atoms with Crippen LogP contribution in [0.4, 0.5) is 0 Å². The molecule has 0 aliphatic carbocycles. The summed E-state index contributed by atoms with van der Waals surface area (Å²) in [4.78, 5) is 14.4. The van der Waals surface area contributed by atoms with Gasteiger partial charge in [-0.2, -0.15) is 0 Å². The second-order valence-corrected chi connectivity index (χ2v) is 5.03. The fourth-order valence-electron chi connectivity index (χ4n) is 2.27. The Hall–Kier alpha value is -2.46. The molecule has 3 rings (SSSR count). The van der Waals surface area contributed by atoms with Crippen molar-refractivity contribution in [3.63, 3.8) is 0 Å². The number of H-pyrrole nitrogens is 1. The molecule has 0 radical (unpaired) electrons. The second kappa shape index (κ2) is 5.50. The van der Waals surface area contributed by atoms with Crippen molar-refractivity contribution < 1.29 is 14.6 Å². The minimum atomic E-state index is -0.954. The predicted octanol–water partition coefficient (Wildman–Crippen LogP) is 4.10. The first-order chi connectivity index (χ1) is 10.1. The molecule has 1 aromatic heterocycles. The van der Waals surface area contributed by atoms with Gasteiger partial charge in [-0.25, -0.2) is 4.79 Å². The molecule has 0 saturated carbocycles.